The maximum Gasteiger partial charge on any atom is 0.306 e. The fourth-order valence-corrected chi connectivity index (χ4v) is 0.590. The molecule has 0 radical (unpaired) electrons. The summed E-state index contributed by atoms with van der Waals surface area (Å²) in [5, 5.41) is 12.6. The number of hydrogen-bond donors (Lipinski definition) is 2. The number of hydrogen-bond acceptors (Lipinski definition) is 2. The molecule has 0 aromatic rings. The molecule has 0 saturated heterocycles. The Hall–Kier alpha value is -0.610. The van der Waals surface area contributed by atoms with Gasteiger partial charge in [0.15, 0.2) is 0 Å². The molecular formula is C7H16NO3+. The minimum atomic E-state index is -2.93. The summed E-state index contributed by atoms with van der Waals surface area (Å²) >= 11 is 0. The molecule has 0 bridgehead atoms. The quantitative estimate of drug-likeness (QED) is 0.543. The molecule has 0 rings (SSSR count). The lowest BCUT2D eigenvalue weighted by Gasteiger charge is -2.25. The van der Waals surface area contributed by atoms with E-state index in [1.165, 1.54) is 0 Å². The van der Waals surface area contributed by atoms with Crippen LogP contribution in [0.25, 0.3) is 0 Å². The number of carbonyl (C=O) groups is 1. The molecule has 11 heavy (non-hydrogen) atoms. The fraction of sp³-hybridized carbons (Fsp3) is 0.857. The number of quaternary nitrogens is 1. The van der Waals surface area contributed by atoms with Crippen LogP contribution in [0, 0.1) is 0 Å². The predicted octanol–water partition coefficient (Wildman–Crippen LogP) is -0.472. The van der Waals surface area contributed by atoms with Gasteiger partial charge in [-0.25, -0.2) is 0 Å². The van der Waals surface area contributed by atoms with Gasteiger partial charge in [-0.1, -0.05) is 0 Å². The van der Waals surface area contributed by atoms with E-state index in [1.54, 1.807) is 21.1 Å². The second-order valence-corrected chi connectivity index (χ2v) is 3.30. The zero-order valence-corrected chi connectivity index (χ0v) is 6.92. The molecule has 0 aliphatic rings. The summed E-state index contributed by atoms with van der Waals surface area (Å²) in [6.07, 6.45) is -5.36. The topological polar surface area (TPSA) is 57.5 Å². The molecule has 0 amide bonds. The Morgan fingerprint density at radius 3 is 2.64 bits per heavy atom. The average Bonchev–Trinajstić information content (AvgIpc) is 2.00. The Kier molecular flexibility index (Phi) is 1.71. The van der Waals surface area contributed by atoms with Gasteiger partial charge >= 0.3 is 5.97 Å². The van der Waals surface area contributed by atoms with E-state index >= 15 is 0 Å². The Balaban J connectivity index is 5.10. The predicted molar refractivity (Wildman–Crippen MR) is 41.2 cm³/mol. The van der Waals surface area contributed by atoms with Crippen LogP contribution in [0.4, 0.5) is 0 Å². The van der Waals surface area contributed by atoms with Crippen molar-refractivity contribution >= 4 is 5.97 Å². The Bertz CT molecular complexity index is 253. The fourth-order valence-electron chi connectivity index (χ4n) is 0.590. The van der Waals surface area contributed by atoms with Gasteiger partial charge in [0.1, 0.15) is 12.6 Å². The molecule has 1 atom stereocenters. The van der Waals surface area contributed by atoms with E-state index < -0.39 is 18.4 Å². The number of carboxylic acid groups (broad SMARTS) is 1. The van der Waals surface area contributed by atoms with Gasteiger partial charge < -0.3 is 14.7 Å². The molecule has 0 saturated carbocycles. The first-order valence-electron chi connectivity index (χ1n) is 5.05. The van der Waals surface area contributed by atoms with Crippen LogP contribution in [-0.2, 0) is 4.79 Å². The summed E-state index contributed by atoms with van der Waals surface area (Å²) < 4.78 is 28.9. The molecule has 0 heterocycles. The number of rotatable bonds is 5. The molecule has 0 aliphatic heterocycles. The van der Waals surface area contributed by atoms with E-state index in [4.69, 9.17) is 10.7 Å². The summed E-state index contributed by atoms with van der Waals surface area (Å²) in [4.78, 5) is 10.6. The Morgan fingerprint density at radius 1 is 1.82 bits per heavy atom. The molecule has 66 valence electrons. The second kappa shape index (κ2) is 3.69. The third kappa shape index (κ3) is 7.29. The SMILES string of the molecule is [2H]O[C@]([2H])(C[N+](C)(C)C)C([2H])([2H])C(=O)O. The number of aliphatic hydroxyl groups is 1. The number of likely N-dealkylation sites (N-methyl/N-ethyl adjacent to an activating group) is 1. The van der Waals surface area contributed by atoms with Crippen molar-refractivity contribution in [3.8, 4) is 0 Å². The molecule has 0 fully saturated rings. The van der Waals surface area contributed by atoms with Crippen molar-refractivity contribution in [1.82, 2.24) is 0 Å². The monoisotopic (exact) mass is 166 g/mol. The van der Waals surface area contributed by atoms with Gasteiger partial charge in [-0.2, -0.15) is 0 Å². The Morgan fingerprint density at radius 2 is 2.36 bits per heavy atom. The highest BCUT2D eigenvalue weighted by atomic mass is 16.4. The van der Waals surface area contributed by atoms with Crippen molar-refractivity contribution in [2.45, 2.75) is 12.5 Å². The lowest BCUT2D eigenvalue weighted by atomic mass is 10.2. The first-order valence-corrected chi connectivity index (χ1v) is 3.14. The van der Waals surface area contributed by atoms with E-state index in [0.29, 0.717) is 0 Å². The molecule has 0 aromatic heterocycles. The molecule has 4 nitrogen and oxygen atoms in total. The zero-order chi connectivity index (χ0) is 12.5. The Labute approximate surface area is 72.4 Å². The molecule has 0 aromatic carbocycles. The first-order chi connectivity index (χ1) is 6.46. The van der Waals surface area contributed by atoms with E-state index in [1.807, 2.05) is 0 Å². The summed E-state index contributed by atoms with van der Waals surface area (Å²) in [5.74, 6) is -1.81. The van der Waals surface area contributed by atoms with E-state index in [0.717, 1.165) is 0 Å². The van der Waals surface area contributed by atoms with Crippen molar-refractivity contribution in [3.63, 3.8) is 0 Å². The van der Waals surface area contributed by atoms with Crippen molar-refractivity contribution in [2.75, 3.05) is 27.7 Å². The third-order valence-corrected chi connectivity index (χ3v) is 0.864. The summed E-state index contributed by atoms with van der Waals surface area (Å²) in [6.45, 7) is -0.254. The highest BCUT2D eigenvalue weighted by Crippen LogP contribution is 1.98. The number of aliphatic carboxylic acids is 1. The van der Waals surface area contributed by atoms with Crippen molar-refractivity contribution < 1.29 is 23.6 Å². The molecular weight excluding hydrogens is 146 g/mol. The van der Waals surface area contributed by atoms with E-state index in [2.05, 4.69) is 5.11 Å². The summed E-state index contributed by atoms with van der Waals surface area (Å²) in [7, 11) is 4.96. The smallest absolute Gasteiger partial charge is 0.306 e. The van der Waals surface area contributed by atoms with E-state index in [9.17, 15) is 4.79 Å². The van der Waals surface area contributed by atoms with Gasteiger partial charge in [-0.3, -0.25) is 4.79 Å². The maximum absolute atomic E-state index is 10.6. The third-order valence-electron chi connectivity index (χ3n) is 0.864. The zero-order valence-electron chi connectivity index (χ0n) is 10.9. The molecule has 0 unspecified atom stereocenters. The standard InChI is InChI=1S/C7H15NO3/c1-8(2,3)5-6(9)4-7(10)11/h6,9H,4-5H2,1-3H3/p+1/t6-/m0/s1/i4D2,6D,9D. The van der Waals surface area contributed by atoms with Crippen molar-refractivity contribution in [2.24, 2.45) is 0 Å². The molecule has 0 aliphatic carbocycles. The van der Waals surface area contributed by atoms with Crippen LogP contribution in [0.2, 0.25) is 0 Å². The van der Waals surface area contributed by atoms with Gasteiger partial charge in [-0.05, 0) is 0 Å². The van der Waals surface area contributed by atoms with Gasteiger partial charge in [0.2, 0.25) is 1.43 Å². The second-order valence-electron chi connectivity index (χ2n) is 3.30. The highest BCUT2D eigenvalue weighted by molar-refractivity contribution is 5.67. The van der Waals surface area contributed by atoms with Crippen molar-refractivity contribution in [3.05, 3.63) is 0 Å². The molecule has 0 spiro atoms. The lowest BCUT2D eigenvalue weighted by Crippen LogP contribution is -2.42. The summed E-state index contributed by atoms with van der Waals surface area (Å²) in [5.41, 5.74) is 0. The van der Waals surface area contributed by atoms with E-state index in [-0.39, 0.29) is 11.0 Å². The van der Waals surface area contributed by atoms with Gasteiger partial charge in [-0.15, -0.1) is 0 Å². The van der Waals surface area contributed by atoms with Crippen LogP contribution < -0.4 is 0 Å². The van der Waals surface area contributed by atoms with Crippen LogP contribution >= 0.6 is 0 Å². The number of nitrogens with zero attached hydrogens (tertiary/aromatic N) is 1. The minimum absolute atomic E-state index is 0.120. The lowest BCUT2D eigenvalue weighted by molar-refractivity contribution is -0.873. The van der Waals surface area contributed by atoms with Crippen LogP contribution in [0.15, 0.2) is 0 Å². The average molecular weight is 166 g/mol. The van der Waals surface area contributed by atoms with Gasteiger partial charge in [0.05, 0.1) is 28.9 Å². The normalized spacial score (nSPS) is 23.9. The largest absolute Gasteiger partial charge is 0.481 e. The van der Waals surface area contributed by atoms with Gasteiger partial charge in [0, 0.05) is 2.74 Å². The molecule has 4 heteroatoms. The summed E-state index contributed by atoms with van der Waals surface area (Å²) in [6, 6.07) is 0. The van der Waals surface area contributed by atoms with Crippen LogP contribution in [0.5, 0.6) is 0 Å². The minimum Gasteiger partial charge on any atom is -0.481 e. The van der Waals surface area contributed by atoms with Gasteiger partial charge in [0.25, 0.3) is 0 Å². The van der Waals surface area contributed by atoms with Crippen LogP contribution in [0.1, 0.15) is 10.5 Å². The van der Waals surface area contributed by atoms with Crippen LogP contribution in [-0.4, -0.2) is 55.9 Å². The first kappa shape index (κ1) is 5.11. The highest BCUT2D eigenvalue weighted by Gasteiger charge is 2.17. The molecule has 2 N–H and O–H groups in total. The van der Waals surface area contributed by atoms with Crippen molar-refractivity contribution in [1.29, 1.82) is 1.43 Å². The van der Waals surface area contributed by atoms with Crippen LogP contribution in [0.3, 0.4) is 0 Å². The maximum atomic E-state index is 10.6. The number of carboxylic acids is 1.